The van der Waals surface area contributed by atoms with Gasteiger partial charge in [-0.1, -0.05) is 18.2 Å². The van der Waals surface area contributed by atoms with Crippen LogP contribution in [-0.4, -0.2) is 43.2 Å². The Hall–Kier alpha value is -2.80. The monoisotopic (exact) mass is 386 g/mol. The van der Waals surface area contributed by atoms with Crippen LogP contribution in [0.3, 0.4) is 0 Å². The first-order valence-corrected chi connectivity index (χ1v) is 9.49. The number of guanidine groups is 1. The zero-order valence-corrected chi connectivity index (χ0v) is 17.0. The third kappa shape index (κ3) is 6.13. The third-order valence-electron chi connectivity index (χ3n) is 4.25. The predicted octanol–water partition coefficient (Wildman–Crippen LogP) is 2.09. The molecule has 0 saturated heterocycles. The zero-order chi connectivity index (χ0) is 20.6. The van der Waals surface area contributed by atoms with Crippen molar-refractivity contribution < 1.29 is 14.3 Å². The molecule has 2 rings (SSSR count). The lowest BCUT2D eigenvalue weighted by Gasteiger charge is -2.21. The maximum absolute atomic E-state index is 12.0. The molecule has 0 fully saturated rings. The van der Waals surface area contributed by atoms with Gasteiger partial charge in [-0.2, -0.15) is 0 Å². The fourth-order valence-corrected chi connectivity index (χ4v) is 2.87. The minimum absolute atomic E-state index is 0.113. The van der Waals surface area contributed by atoms with E-state index in [9.17, 15) is 9.90 Å². The van der Waals surface area contributed by atoms with Gasteiger partial charge in [-0.25, -0.2) is 4.99 Å². The molecule has 1 aromatic heterocycles. The van der Waals surface area contributed by atoms with E-state index in [1.807, 2.05) is 45.0 Å². The van der Waals surface area contributed by atoms with Crippen molar-refractivity contribution in [1.82, 2.24) is 16.0 Å². The third-order valence-corrected chi connectivity index (χ3v) is 4.25. The molecule has 0 bridgehead atoms. The molecule has 1 heterocycles. The first-order valence-electron chi connectivity index (χ1n) is 9.49. The molecular weight excluding hydrogens is 356 g/mol. The highest BCUT2D eigenvalue weighted by atomic mass is 16.3. The van der Waals surface area contributed by atoms with Crippen LogP contribution < -0.4 is 16.0 Å². The molecule has 152 valence electrons. The minimum Gasteiger partial charge on any atom is -0.466 e. The molecule has 0 aliphatic heterocycles. The molecule has 0 aliphatic carbocycles. The van der Waals surface area contributed by atoms with Crippen LogP contribution in [0.25, 0.3) is 0 Å². The maximum atomic E-state index is 12.0. The van der Waals surface area contributed by atoms with E-state index >= 15 is 0 Å². The van der Waals surface area contributed by atoms with Crippen LogP contribution in [0.2, 0.25) is 0 Å². The molecule has 2 aromatic rings. The number of hydrogen-bond donors (Lipinski definition) is 4. The lowest BCUT2D eigenvalue weighted by Crippen LogP contribution is -2.42. The fourth-order valence-electron chi connectivity index (χ4n) is 2.87. The normalized spacial score (nSPS) is 13.7. The van der Waals surface area contributed by atoms with Crippen LogP contribution in [0, 0.1) is 13.8 Å². The Balaban J connectivity index is 1.88. The fraction of sp³-hybridized carbons (Fsp3) is 0.429. The number of nitrogens with zero attached hydrogens (tertiary/aromatic N) is 1. The molecule has 7 nitrogen and oxygen atoms in total. The summed E-state index contributed by atoms with van der Waals surface area (Å²) in [4.78, 5) is 16.5. The van der Waals surface area contributed by atoms with Gasteiger partial charge in [0.05, 0.1) is 6.54 Å². The molecule has 0 radical (unpaired) electrons. The van der Waals surface area contributed by atoms with Crippen LogP contribution >= 0.6 is 0 Å². The Kier molecular flexibility index (Phi) is 7.63. The Bertz CT molecular complexity index is 797. The Labute approximate surface area is 166 Å². The number of aliphatic hydroxyl groups is 1. The average molecular weight is 386 g/mol. The maximum Gasteiger partial charge on any atom is 0.251 e. The molecule has 0 saturated carbocycles. The molecule has 1 amide bonds. The van der Waals surface area contributed by atoms with E-state index in [1.54, 1.807) is 19.1 Å². The van der Waals surface area contributed by atoms with Crippen LogP contribution in [0.5, 0.6) is 0 Å². The van der Waals surface area contributed by atoms with Gasteiger partial charge in [0.15, 0.2) is 5.96 Å². The highest BCUT2D eigenvalue weighted by Crippen LogP contribution is 2.27. The van der Waals surface area contributed by atoms with Gasteiger partial charge in [0.2, 0.25) is 0 Å². The number of aryl methyl sites for hydroxylation is 2. The van der Waals surface area contributed by atoms with Gasteiger partial charge in [0.1, 0.15) is 17.1 Å². The van der Waals surface area contributed by atoms with E-state index in [2.05, 4.69) is 20.9 Å². The average Bonchev–Trinajstić information content (AvgIpc) is 3.02. The highest BCUT2D eigenvalue weighted by Gasteiger charge is 2.27. The molecule has 1 unspecified atom stereocenters. The molecule has 1 atom stereocenters. The summed E-state index contributed by atoms with van der Waals surface area (Å²) in [6.07, 6.45) is 0. The van der Waals surface area contributed by atoms with E-state index < -0.39 is 5.60 Å². The zero-order valence-electron chi connectivity index (χ0n) is 17.0. The summed E-state index contributed by atoms with van der Waals surface area (Å²) in [7, 11) is 0. The molecule has 0 aliphatic rings. The van der Waals surface area contributed by atoms with Gasteiger partial charge in [-0.05, 0) is 45.9 Å². The summed E-state index contributed by atoms with van der Waals surface area (Å²) in [5, 5.41) is 19.9. The van der Waals surface area contributed by atoms with Crippen molar-refractivity contribution in [2.75, 3.05) is 26.2 Å². The predicted molar refractivity (Wildman–Crippen MR) is 111 cm³/mol. The molecule has 1 aromatic carbocycles. The first kappa shape index (κ1) is 21.5. The van der Waals surface area contributed by atoms with E-state index in [-0.39, 0.29) is 12.5 Å². The second-order valence-electron chi connectivity index (χ2n) is 6.84. The number of amides is 1. The van der Waals surface area contributed by atoms with Crippen LogP contribution in [0.1, 0.15) is 41.3 Å². The van der Waals surface area contributed by atoms with E-state index in [1.165, 1.54) is 0 Å². The van der Waals surface area contributed by atoms with Crippen molar-refractivity contribution in [2.45, 2.75) is 33.3 Å². The summed E-state index contributed by atoms with van der Waals surface area (Å²) in [5.41, 5.74) is 0.232. The number of furan rings is 1. The van der Waals surface area contributed by atoms with Crippen molar-refractivity contribution in [3.63, 3.8) is 0 Å². The number of hydrogen-bond acceptors (Lipinski definition) is 4. The van der Waals surface area contributed by atoms with Gasteiger partial charge in [0.25, 0.3) is 5.91 Å². The standard InChI is InChI=1S/C21H30N4O3/c1-5-22-20(24-12-11-23-19(26)17-9-7-6-8-10-17)25-14-21(4,27)18-13-15(2)28-16(18)3/h6-10,13,27H,5,11-12,14H2,1-4H3,(H,23,26)(H2,22,24,25). The molecule has 7 heteroatoms. The van der Waals surface area contributed by atoms with E-state index in [0.717, 1.165) is 11.3 Å². The minimum atomic E-state index is -1.13. The smallest absolute Gasteiger partial charge is 0.251 e. The first-order chi connectivity index (χ1) is 13.3. The number of rotatable bonds is 8. The largest absolute Gasteiger partial charge is 0.466 e. The Morgan fingerprint density at radius 2 is 1.82 bits per heavy atom. The molecule has 4 N–H and O–H groups in total. The Morgan fingerprint density at radius 1 is 1.14 bits per heavy atom. The number of benzene rings is 1. The number of nitrogens with one attached hydrogen (secondary N) is 3. The van der Waals surface area contributed by atoms with Gasteiger partial charge < -0.3 is 25.5 Å². The number of carbonyl (C=O) groups excluding carboxylic acids is 1. The van der Waals surface area contributed by atoms with Crippen molar-refractivity contribution in [2.24, 2.45) is 4.99 Å². The highest BCUT2D eigenvalue weighted by molar-refractivity contribution is 5.94. The van der Waals surface area contributed by atoms with Crippen molar-refractivity contribution in [3.8, 4) is 0 Å². The molecule has 28 heavy (non-hydrogen) atoms. The number of aliphatic imine (C=N–C) groups is 1. The number of carbonyl (C=O) groups is 1. The van der Waals surface area contributed by atoms with Crippen molar-refractivity contribution in [1.29, 1.82) is 0 Å². The molecule has 0 spiro atoms. The van der Waals surface area contributed by atoms with Crippen molar-refractivity contribution >= 4 is 11.9 Å². The van der Waals surface area contributed by atoms with Gasteiger partial charge in [-0.15, -0.1) is 0 Å². The summed E-state index contributed by atoms with van der Waals surface area (Å²) in [6.45, 7) is 9.20. The second kappa shape index (κ2) is 9.94. The van der Waals surface area contributed by atoms with Crippen LogP contribution in [0.15, 0.2) is 45.8 Å². The summed E-state index contributed by atoms with van der Waals surface area (Å²) in [5.74, 6) is 1.92. The van der Waals surface area contributed by atoms with E-state index in [0.29, 0.717) is 36.9 Å². The quantitative estimate of drug-likeness (QED) is 0.316. The van der Waals surface area contributed by atoms with Gasteiger partial charge >= 0.3 is 0 Å². The second-order valence-corrected chi connectivity index (χ2v) is 6.84. The van der Waals surface area contributed by atoms with Gasteiger partial charge in [0, 0.05) is 30.8 Å². The summed E-state index contributed by atoms with van der Waals surface area (Å²) < 4.78 is 5.51. The van der Waals surface area contributed by atoms with Gasteiger partial charge in [-0.3, -0.25) is 4.79 Å². The summed E-state index contributed by atoms with van der Waals surface area (Å²) in [6, 6.07) is 10.9. The topological polar surface area (TPSA) is 98.9 Å². The lowest BCUT2D eigenvalue weighted by atomic mass is 9.96. The van der Waals surface area contributed by atoms with Crippen LogP contribution in [0.4, 0.5) is 0 Å². The van der Waals surface area contributed by atoms with E-state index in [4.69, 9.17) is 4.42 Å². The SMILES string of the molecule is CCNC(=NCC(C)(O)c1cc(C)oc1C)NCCNC(=O)c1ccccc1. The lowest BCUT2D eigenvalue weighted by molar-refractivity contribution is 0.0657. The Morgan fingerprint density at radius 3 is 2.43 bits per heavy atom. The van der Waals surface area contributed by atoms with Crippen LogP contribution in [-0.2, 0) is 5.60 Å². The van der Waals surface area contributed by atoms with Crippen molar-refractivity contribution in [3.05, 3.63) is 59.0 Å². The molecular formula is C21H30N4O3. The summed E-state index contributed by atoms with van der Waals surface area (Å²) >= 11 is 0.